The molecule has 0 radical (unpaired) electrons. The molecule has 33 heavy (non-hydrogen) atoms. The molecule has 0 saturated carbocycles. The lowest BCUT2D eigenvalue weighted by atomic mass is 10.1. The lowest BCUT2D eigenvalue weighted by Crippen LogP contribution is -2.36. The van der Waals surface area contributed by atoms with Gasteiger partial charge in [-0.3, -0.25) is 0 Å². The summed E-state index contributed by atoms with van der Waals surface area (Å²) >= 11 is 0. The highest BCUT2D eigenvalue weighted by Gasteiger charge is 2.12. The van der Waals surface area contributed by atoms with Crippen molar-refractivity contribution in [2.24, 2.45) is 0 Å². The summed E-state index contributed by atoms with van der Waals surface area (Å²) < 4.78 is 5.42. The van der Waals surface area contributed by atoms with E-state index in [4.69, 9.17) is 4.74 Å². The van der Waals surface area contributed by atoms with Crippen LogP contribution in [0.2, 0.25) is 0 Å². The van der Waals surface area contributed by atoms with Crippen LogP contribution in [0, 0.1) is 13.8 Å². The van der Waals surface area contributed by atoms with Crippen molar-refractivity contribution in [3.63, 3.8) is 0 Å². The molecule has 170 valence electrons. The van der Waals surface area contributed by atoms with E-state index in [2.05, 4.69) is 92.0 Å². The summed E-state index contributed by atoms with van der Waals surface area (Å²) in [6, 6.07) is 16.7. The van der Waals surface area contributed by atoms with Crippen LogP contribution in [0.5, 0.6) is 0 Å². The summed E-state index contributed by atoms with van der Waals surface area (Å²) in [6.07, 6.45) is 1.53. The summed E-state index contributed by atoms with van der Waals surface area (Å²) in [5.74, 6) is 2.08. The van der Waals surface area contributed by atoms with Crippen molar-refractivity contribution < 1.29 is 4.74 Å². The Morgan fingerprint density at radius 3 is 2.52 bits per heavy atom. The second kappa shape index (κ2) is 9.33. The van der Waals surface area contributed by atoms with Crippen LogP contribution in [-0.4, -0.2) is 51.3 Å². The predicted molar refractivity (Wildman–Crippen MR) is 130 cm³/mol. The van der Waals surface area contributed by atoms with Crippen LogP contribution in [0.1, 0.15) is 16.7 Å². The van der Waals surface area contributed by atoms with Crippen LogP contribution in [0.15, 0.2) is 54.9 Å². The fourth-order valence-electron chi connectivity index (χ4n) is 3.74. The third-order valence-electron chi connectivity index (χ3n) is 5.83. The van der Waals surface area contributed by atoms with Gasteiger partial charge >= 0.3 is 0 Å². The highest BCUT2D eigenvalue weighted by molar-refractivity contribution is 5.59. The second-order valence-electron chi connectivity index (χ2n) is 8.18. The number of rotatable bonds is 7. The number of aromatic amines is 1. The molecule has 5 rings (SSSR count). The fraction of sp³-hybridized carbons (Fsp3) is 0.292. The Kier molecular flexibility index (Phi) is 5.95. The van der Waals surface area contributed by atoms with Crippen molar-refractivity contribution in [3.8, 4) is 5.82 Å². The van der Waals surface area contributed by atoms with Crippen molar-refractivity contribution in [2.75, 3.05) is 41.8 Å². The minimum Gasteiger partial charge on any atom is -0.378 e. The fourth-order valence-corrected chi connectivity index (χ4v) is 3.74. The Morgan fingerprint density at radius 1 is 0.970 bits per heavy atom. The van der Waals surface area contributed by atoms with E-state index in [1.165, 1.54) is 28.7 Å². The van der Waals surface area contributed by atoms with Crippen molar-refractivity contribution in [1.82, 2.24) is 25.0 Å². The van der Waals surface area contributed by atoms with E-state index in [0.29, 0.717) is 18.3 Å². The normalized spacial score (nSPS) is 13.8. The van der Waals surface area contributed by atoms with Crippen LogP contribution >= 0.6 is 0 Å². The molecule has 3 N–H and O–H groups in total. The largest absolute Gasteiger partial charge is 0.378 e. The van der Waals surface area contributed by atoms with E-state index in [0.717, 1.165) is 37.8 Å². The van der Waals surface area contributed by atoms with Gasteiger partial charge in [0.2, 0.25) is 5.95 Å². The van der Waals surface area contributed by atoms with Gasteiger partial charge < -0.3 is 20.3 Å². The smallest absolute Gasteiger partial charge is 0.241 e. The quantitative estimate of drug-likeness (QED) is 0.399. The highest BCUT2D eigenvalue weighted by atomic mass is 16.5. The molecule has 3 heterocycles. The Labute approximate surface area is 192 Å². The number of hydrogen-bond donors (Lipinski definition) is 3. The minimum absolute atomic E-state index is 0.664. The first-order chi connectivity index (χ1) is 16.1. The zero-order valence-corrected chi connectivity index (χ0v) is 18.9. The van der Waals surface area contributed by atoms with Crippen molar-refractivity contribution >= 4 is 23.1 Å². The number of anilines is 4. The first-order valence-corrected chi connectivity index (χ1v) is 11.1. The number of nitrogens with zero attached hydrogens (tertiary/aromatic N) is 5. The summed E-state index contributed by atoms with van der Waals surface area (Å²) in [5, 5.41) is 14.3. The van der Waals surface area contributed by atoms with Gasteiger partial charge in [-0.2, -0.15) is 0 Å². The number of benzene rings is 2. The van der Waals surface area contributed by atoms with E-state index in [1.807, 2.05) is 6.07 Å². The molecular formula is C24H28N8O. The maximum atomic E-state index is 5.42. The van der Waals surface area contributed by atoms with E-state index >= 15 is 0 Å². The van der Waals surface area contributed by atoms with Gasteiger partial charge in [0.05, 0.1) is 13.2 Å². The second-order valence-corrected chi connectivity index (χ2v) is 8.18. The molecule has 1 saturated heterocycles. The monoisotopic (exact) mass is 444 g/mol. The number of aryl methyl sites for hydroxylation is 2. The molecule has 2 aromatic carbocycles. The molecule has 1 aliphatic heterocycles. The lowest BCUT2D eigenvalue weighted by Gasteiger charge is -2.29. The maximum absolute atomic E-state index is 5.42. The number of nitrogens with one attached hydrogen (secondary N) is 3. The Bertz CT molecular complexity index is 1200. The molecule has 1 aliphatic rings. The molecule has 0 bridgehead atoms. The van der Waals surface area contributed by atoms with Gasteiger partial charge in [-0.05, 0) is 54.8 Å². The van der Waals surface area contributed by atoms with Crippen LogP contribution < -0.4 is 15.5 Å². The molecular weight excluding hydrogens is 416 g/mol. The van der Waals surface area contributed by atoms with Gasteiger partial charge in [0.1, 0.15) is 12.1 Å². The zero-order chi connectivity index (χ0) is 22.6. The van der Waals surface area contributed by atoms with Crippen LogP contribution in [0.4, 0.5) is 23.1 Å². The first-order valence-electron chi connectivity index (χ1n) is 11.1. The summed E-state index contributed by atoms with van der Waals surface area (Å²) in [5.41, 5.74) is 5.96. The number of ether oxygens (including phenoxy) is 1. The van der Waals surface area contributed by atoms with E-state index in [9.17, 15) is 0 Å². The first kappa shape index (κ1) is 21.0. The number of hydrogen-bond acceptors (Lipinski definition) is 7. The molecule has 0 spiro atoms. The average Bonchev–Trinajstić information content (AvgIpc) is 2.83. The van der Waals surface area contributed by atoms with Gasteiger partial charge in [0.15, 0.2) is 5.82 Å². The van der Waals surface area contributed by atoms with Crippen LogP contribution in [-0.2, 0) is 11.3 Å². The molecule has 9 nitrogen and oxygen atoms in total. The van der Waals surface area contributed by atoms with Crippen molar-refractivity contribution in [3.05, 3.63) is 71.5 Å². The van der Waals surface area contributed by atoms with Gasteiger partial charge in [0, 0.05) is 37.1 Å². The Morgan fingerprint density at radius 2 is 1.76 bits per heavy atom. The lowest BCUT2D eigenvalue weighted by molar-refractivity contribution is 0.122. The molecule has 0 aliphatic carbocycles. The van der Waals surface area contributed by atoms with Crippen molar-refractivity contribution in [1.29, 1.82) is 0 Å². The Balaban J connectivity index is 1.18. The van der Waals surface area contributed by atoms with Gasteiger partial charge in [0.25, 0.3) is 0 Å². The minimum atomic E-state index is 0.664. The Hall–Kier alpha value is -3.85. The molecule has 4 aromatic rings. The van der Waals surface area contributed by atoms with Crippen LogP contribution in [0.3, 0.4) is 0 Å². The number of aromatic nitrogens is 5. The third-order valence-corrected chi connectivity index (χ3v) is 5.83. The third kappa shape index (κ3) is 4.98. The zero-order valence-electron chi connectivity index (χ0n) is 18.9. The SMILES string of the molecule is Cc1ccc(CNc2cc(-n3nc(Nc4ccc(N5CCOCC5)cc4)[nH]3)ncn2)cc1C. The molecule has 0 unspecified atom stereocenters. The van der Waals surface area contributed by atoms with Gasteiger partial charge in [-0.25, -0.2) is 15.1 Å². The van der Waals surface area contributed by atoms with Crippen molar-refractivity contribution in [2.45, 2.75) is 20.4 Å². The molecule has 0 atom stereocenters. The van der Waals surface area contributed by atoms with E-state index in [1.54, 1.807) is 4.80 Å². The number of morpholine rings is 1. The van der Waals surface area contributed by atoms with Gasteiger partial charge in [-0.1, -0.05) is 18.2 Å². The number of H-pyrrole nitrogens is 1. The molecule has 0 amide bonds. The molecule has 2 aromatic heterocycles. The van der Waals surface area contributed by atoms with E-state index < -0.39 is 0 Å². The van der Waals surface area contributed by atoms with E-state index in [-0.39, 0.29) is 0 Å². The maximum Gasteiger partial charge on any atom is 0.241 e. The predicted octanol–water partition coefficient (Wildman–Crippen LogP) is 3.80. The molecule has 1 fully saturated rings. The van der Waals surface area contributed by atoms with Crippen LogP contribution in [0.25, 0.3) is 5.82 Å². The summed E-state index contributed by atoms with van der Waals surface area (Å²) in [6.45, 7) is 8.35. The topological polar surface area (TPSA) is 95.9 Å². The standard InChI is InChI=1S/C24H28N8O/c1-17-3-4-19(13-18(17)2)15-25-22-14-23(27-16-26-22)32-29-24(30-32)28-20-5-7-21(8-6-20)31-9-11-33-12-10-31/h3-8,13-14,16H,9-12,15H2,1-2H3,(H,25,26,27)(H2,28,29,30). The molecule has 9 heteroatoms. The van der Waals surface area contributed by atoms with Gasteiger partial charge in [-0.15, -0.1) is 9.90 Å². The summed E-state index contributed by atoms with van der Waals surface area (Å²) in [4.78, 5) is 12.6. The summed E-state index contributed by atoms with van der Waals surface area (Å²) in [7, 11) is 0. The highest BCUT2D eigenvalue weighted by Crippen LogP contribution is 2.21. The average molecular weight is 445 g/mol.